The average Bonchev–Trinajstić information content (AvgIpc) is 3.95. The predicted molar refractivity (Wildman–Crippen MR) is 244 cm³/mol. The highest BCUT2D eigenvalue weighted by Gasteiger charge is 2.37. The number of furan rings is 1. The molecule has 4 heteroatoms. The van der Waals surface area contributed by atoms with Gasteiger partial charge in [0.25, 0.3) is 0 Å². The Morgan fingerprint density at radius 3 is 2.24 bits per heavy atom. The molecule has 278 valence electrons. The van der Waals surface area contributed by atoms with Crippen molar-refractivity contribution in [1.29, 1.82) is 0 Å². The first-order valence-corrected chi connectivity index (χ1v) is 21.0. The largest absolute Gasteiger partial charge is 0.459 e. The number of allylic oxidation sites excluding steroid dienone is 4. The number of thiophene rings is 1. The van der Waals surface area contributed by atoms with Gasteiger partial charge in [-0.05, 0) is 89.1 Å². The van der Waals surface area contributed by atoms with Gasteiger partial charge in [-0.2, -0.15) is 0 Å². The summed E-state index contributed by atoms with van der Waals surface area (Å²) >= 11 is 1.86. The molecule has 1 aliphatic heterocycles. The fourth-order valence-electron chi connectivity index (χ4n) is 9.24. The van der Waals surface area contributed by atoms with Crippen molar-refractivity contribution in [3.8, 4) is 28.7 Å². The maximum atomic E-state index is 7.10. The van der Waals surface area contributed by atoms with E-state index in [-0.39, 0.29) is 5.92 Å². The number of para-hydroxylation sites is 1. The molecule has 0 spiro atoms. The zero-order valence-corrected chi connectivity index (χ0v) is 32.8. The van der Waals surface area contributed by atoms with Crippen LogP contribution in [-0.4, -0.2) is 0 Å². The van der Waals surface area contributed by atoms with Crippen LogP contribution in [0.4, 0.5) is 11.4 Å². The molecule has 7 aromatic carbocycles. The highest BCUT2D eigenvalue weighted by Crippen LogP contribution is 2.52. The Hall–Kier alpha value is -7.32. The minimum absolute atomic E-state index is 0.323. The van der Waals surface area contributed by atoms with Gasteiger partial charge >= 0.3 is 0 Å². The SMILES string of the molecule is C1#CC2C(=C(c3ccccc3-c3ccccc3)c3c1oc1ccccc31)Oc1ccc(N(C3=C(c4ccccc4)CCC=C3)c3cccc4c3sc3ccccc34)cc12. The van der Waals surface area contributed by atoms with Crippen LogP contribution in [0, 0.1) is 11.8 Å². The molecule has 0 saturated carbocycles. The van der Waals surface area contributed by atoms with Crippen LogP contribution in [0.1, 0.15) is 46.8 Å². The number of ether oxygens (including phenoxy) is 1. The fraction of sp³-hybridized carbons (Fsp3) is 0.0545. The smallest absolute Gasteiger partial charge is 0.186 e. The molecule has 59 heavy (non-hydrogen) atoms. The fourth-order valence-corrected chi connectivity index (χ4v) is 10.4. The Labute approximate surface area is 346 Å². The third kappa shape index (κ3) is 5.43. The lowest BCUT2D eigenvalue weighted by Gasteiger charge is -2.31. The minimum atomic E-state index is -0.323. The van der Waals surface area contributed by atoms with E-state index < -0.39 is 0 Å². The van der Waals surface area contributed by atoms with Crippen LogP contribution in [-0.2, 0) is 0 Å². The summed E-state index contributed by atoms with van der Waals surface area (Å²) in [6.45, 7) is 0. The molecule has 0 saturated heterocycles. The molecule has 0 N–H and O–H groups in total. The third-order valence-electron chi connectivity index (χ3n) is 11.9. The molecule has 0 bridgehead atoms. The van der Waals surface area contributed by atoms with Crippen molar-refractivity contribution in [2.45, 2.75) is 18.8 Å². The summed E-state index contributed by atoms with van der Waals surface area (Å²) in [7, 11) is 0. The van der Waals surface area contributed by atoms with Gasteiger partial charge in [-0.25, -0.2) is 0 Å². The molecule has 0 amide bonds. The van der Waals surface area contributed by atoms with Gasteiger partial charge in [0.1, 0.15) is 23.0 Å². The summed E-state index contributed by atoms with van der Waals surface area (Å²) in [5.74, 6) is 9.20. The van der Waals surface area contributed by atoms with Crippen LogP contribution in [0.3, 0.4) is 0 Å². The second-order valence-electron chi connectivity index (χ2n) is 15.2. The van der Waals surface area contributed by atoms with Crippen molar-refractivity contribution in [2.75, 3.05) is 4.90 Å². The number of benzene rings is 7. The second-order valence-corrected chi connectivity index (χ2v) is 16.3. The van der Waals surface area contributed by atoms with Gasteiger partial charge in [-0.1, -0.05) is 145 Å². The Bertz CT molecular complexity index is 3320. The van der Waals surface area contributed by atoms with Crippen molar-refractivity contribution in [3.63, 3.8) is 0 Å². The first-order chi connectivity index (χ1) is 29.3. The number of hydrogen-bond donors (Lipinski definition) is 0. The molecule has 3 nitrogen and oxygen atoms in total. The van der Waals surface area contributed by atoms with Crippen molar-refractivity contribution in [3.05, 3.63) is 221 Å². The van der Waals surface area contributed by atoms with Crippen LogP contribution in [0.25, 0.3) is 53.4 Å². The van der Waals surface area contributed by atoms with E-state index >= 15 is 0 Å². The highest BCUT2D eigenvalue weighted by atomic mass is 32.1. The lowest BCUT2D eigenvalue weighted by atomic mass is 9.86. The van der Waals surface area contributed by atoms with Gasteiger partial charge in [0, 0.05) is 48.9 Å². The summed E-state index contributed by atoms with van der Waals surface area (Å²) in [5.41, 5.74) is 13.1. The van der Waals surface area contributed by atoms with Gasteiger partial charge in [-0.15, -0.1) is 11.3 Å². The van der Waals surface area contributed by atoms with E-state index in [0.29, 0.717) is 5.76 Å². The van der Waals surface area contributed by atoms with E-state index in [2.05, 4.69) is 187 Å². The van der Waals surface area contributed by atoms with E-state index in [1.165, 1.54) is 37.0 Å². The molecule has 0 fully saturated rings. The normalized spacial score (nSPS) is 15.4. The highest BCUT2D eigenvalue weighted by molar-refractivity contribution is 7.26. The van der Waals surface area contributed by atoms with E-state index in [4.69, 9.17) is 9.15 Å². The molecule has 1 atom stereocenters. The van der Waals surface area contributed by atoms with Crippen LogP contribution < -0.4 is 9.64 Å². The van der Waals surface area contributed by atoms with Crippen LogP contribution in [0.5, 0.6) is 5.75 Å². The monoisotopic (exact) mass is 773 g/mol. The third-order valence-corrected chi connectivity index (χ3v) is 13.1. The predicted octanol–water partition coefficient (Wildman–Crippen LogP) is 14.7. The number of nitrogens with zero attached hydrogens (tertiary/aromatic N) is 1. The van der Waals surface area contributed by atoms with E-state index in [1.54, 1.807) is 0 Å². The van der Waals surface area contributed by atoms with Crippen molar-refractivity contribution in [2.24, 2.45) is 0 Å². The molecule has 3 aliphatic rings. The Balaban J connectivity index is 1.10. The number of rotatable bonds is 6. The summed E-state index contributed by atoms with van der Waals surface area (Å²) < 4.78 is 16.2. The maximum absolute atomic E-state index is 7.10. The van der Waals surface area contributed by atoms with Gasteiger partial charge in [0.2, 0.25) is 0 Å². The molecule has 2 aliphatic carbocycles. The lowest BCUT2D eigenvalue weighted by molar-refractivity contribution is 0.443. The van der Waals surface area contributed by atoms with Gasteiger partial charge in [-0.3, -0.25) is 0 Å². The van der Waals surface area contributed by atoms with Crippen molar-refractivity contribution < 1.29 is 9.15 Å². The number of hydrogen-bond acceptors (Lipinski definition) is 4. The Morgan fingerprint density at radius 1 is 0.644 bits per heavy atom. The average molecular weight is 774 g/mol. The topological polar surface area (TPSA) is 25.6 Å². The molecular weight excluding hydrogens is 739 g/mol. The standard InChI is InChI=1S/C55H35NO2S/c1-3-16-35(17-4-1)38-20-7-8-23-41(38)53-52-44-24-10-13-28-48(44)57-50(52)33-31-42-45-34-37(30-32-49(45)58-54(42)53)56(46-26-12-9-21-39(46)36-18-5-2-6-19-36)47-27-15-25-43-40-22-11-14-29-51(40)59-55(43)47/h1-8,10-20,22-30,32,34,42H,9,21H2. The van der Waals surface area contributed by atoms with Crippen LogP contribution in [0.2, 0.25) is 0 Å². The minimum Gasteiger partial charge on any atom is -0.459 e. The molecule has 1 unspecified atom stereocenters. The first kappa shape index (κ1) is 33.8. The van der Waals surface area contributed by atoms with Crippen LogP contribution in [0.15, 0.2) is 198 Å². The summed E-state index contributed by atoms with van der Waals surface area (Å²) in [6.07, 6.45) is 6.58. The number of fused-ring (bicyclic) bond motifs is 9. The van der Waals surface area contributed by atoms with E-state index in [0.717, 1.165) is 80.1 Å². The zero-order chi connectivity index (χ0) is 38.9. The maximum Gasteiger partial charge on any atom is 0.186 e. The molecule has 3 heterocycles. The van der Waals surface area contributed by atoms with E-state index in [9.17, 15) is 0 Å². The summed E-state index contributed by atoms with van der Waals surface area (Å²) in [5, 5.41) is 3.57. The molecule has 12 rings (SSSR count). The van der Waals surface area contributed by atoms with Crippen molar-refractivity contribution in [1.82, 2.24) is 0 Å². The number of anilines is 2. The first-order valence-electron chi connectivity index (χ1n) is 20.2. The van der Waals surface area contributed by atoms with Gasteiger partial charge in [0.05, 0.1) is 10.4 Å². The second kappa shape index (κ2) is 13.7. The molecule has 9 aromatic rings. The van der Waals surface area contributed by atoms with Crippen molar-refractivity contribution >= 4 is 65.0 Å². The quantitative estimate of drug-likeness (QED) is 0.157. The summed E-state index contributed by atoms with van der Waals surface area (Å²) in [4.78, 5) is 2.48. The zero-order valence-electron chi connectivity index (χ0n) is 32.0. The molecule has 0 radical (unpaired) electrons. The Kier molecular flexibility index (Phi) is 7.82. The molecular formula is C55H35NO2S. The summed E-state index contributed by atoms with van der Waals surface area (Å²) in [6, 6.07) is 60.5. The Morgan fingerprint density at radius 2 is 1.37 bits per heavy atom. The van der Waals surface area contributed by atoms with E-state index in [1.807, 2.05) is 23.5 Å². The van der Waals surface area contributed by atoms with Gasteiger partial charge < -0.3 is 14.1 Å². The molecule has 2 aromatic heterocycles. The van der Waals surface area contributed by atoms with Gasteiger partial charge in [0.15, 0.2) is 5.76 Å². The van der Waals surface area contributed by atoms with Crippen LogP contribution >= 0.6 is 11.3 Å². The lowest BCUT2D eigenvalue weighted by Crippen LogP contribution is -2.18.